The minimum absolute atomic E-state index is 0.0845. The second kappa shape index (κ2) is 6.17. The lowest BCUT2D eigenvalue weighted by Crippen LogP contribution is -2.54. The number of piperidine rings is 1. The number of carbonyl (C=O) groups is 2. The van der Waals surface area contributed by atoms with E-state index in [1.807, 2.05) is 11.9 Å². The highest BCUT2D eigenvalue weighted by Crippen LogP contribution is 2.58. The molecule has 2 amide bonds. The van der Waals surface area contributed by atoms with E-state index in [4.69, 9.17) is 0 Å². The van der Waals surface area contributed by atoms with E-state index in [2.05, 4.69) is 6.92 Å². The molecule has 8 heteroatoms. The number of likely N-dealkylation sites (tertiary alicyclic amines) is 2. The van der Waals surface area contributed by atoms with Crippen LogP contribution in [0.5, 0.6) is 0 Å². The number of fused-ring (bicyclic) bond motifs is 1. The maximum absolute atomic E-state index is 13.1. The van der Waals surface area contributed by atoms with E-state index in [9.17, 15) is 18.0 Å². The van der Waals surface area contributed by atoms with Gasteiger partial charge in [0, 0.05) is 51.1 Å². The fourth-order valence-corrected chi connectivity index (χ4v) is 6.91. The molecular formula is C19H31N3O4S. The first kappa shape index (κ1) is 19.2. The van der Waals surface area contributed by atoms with Gasteiger partial charge < -0.3 is 9.80 Å². The molecule has 3 aliphatic heterocycles. The van der Waals surface area contributed by atoms with E-state index in [1.165, 1.54) is 10.6 Å². The average molecular weight is 398 g/mol. The maximum atomic E-state index is 13.1. The van der Waals surface area contributed by atoms with Crippen LogP contribution in [0.4, 0.5) is 0 Å². The lowest BCUT2D eigenvalue weighted by atomic mass is 9.59. The number of hydrogen-bond donors (Lipinski definition) is 0. The minimum atomic E-state index is -3.34. The van der Waals surface area contributed by atoms with Crippen molar-refractivity contribution in [3.8, 4) is 0 Å². The summed E-state index contributed by atoms with van der Waals surface area (Å²) in [6.45, 7) is 4.84. The lowest BCUT2D eigenvalue weighted by Gasteiger charge is -2.48. The molecule has 0 radical (unpaired) electrons. The Bertz CT molecular complexity index is 753. The zero-order valence-electron chi connectivity index (χ0n) is 16.6. The van der Waals surface area contributed by atoms with Gasteiger partial charge >= 0.3 is 0 Å². The summed E-state index contributed by atoms with van der Waals surface area (Å²) in [4.78, 5) is 29.6. The molecule has 2 spiro atoms. The summed E-state index contributed by atoms with van der Waals surface area (Å²) in [6, 6.07) is 0. The summed E-state index contributed by atoms with van der Waals surface area (Å²) < 4.78 is 26.0. The van der Waals surface area contributed by atoms with Gasteiger partial charge in [0.25, 0.3) is 0 Å². The van der Waals surface area contributed by atoms with Crippen molar-refractivity contribution < 1.29 is 18.0 Å². The van der Waals surface area contributed by atoms with Crippen LogP contribution in [-0.2, 0) is 19.6 Å². The van der Waals surface area contributed by atoms with Crippen LogP contribution >= 0.6 is 0 Å². The minimum Gasteiger partial charge on any atom is -0.345 e. The molecule has 7 nitrogen and oxygen atoms in total. The fraction of sp³-hybridized carbons (Fsp3) is 0.895. The Morgan fingerprint density at radius 2 is 1.70 bits per heavy atom. The molecule has 4 fully saturated rings. The molecule has 27 heavy (non-hydrogen) atoms. The summed E-state index contributed by atoms with van der Waals surface area (Å²) in [5.74, 6) is 1.15. The van der Waals surface area contributed by atoms with E-state index in [1.54, 1.807) is 4.90 Å². The van der Waals surface area contributed by atoms with Crippen LogP contribution < -0.4 is 0 Å². The summed E-state index contributed by atoms with van der Waals surface area (Å²) in [5.41, 5.74) is -0.966. The Labute approximate surface area is 162 Å². The highest BCUT2D eigenvalue weighted by Gasteiger charge is 2.66. The van der Waals surface area contributed by atoms with Gasteiger partial charge in [-0.2, -0.15) is 0 Å². The molecule has 0 aromatic rings. The highest BCUT2D eigenvalue weighted by molar-refractivity contribution is 7.88. The Morgan fingerprint density at radius 1 is 1.07 bits per heavy atom. The topological polar surface area (TPSA) is 78.0 Å². The third-order valence-electron chi connectivity index (χ3n) is 7.79. The van der Waals surface area contributed by atoms with E-state index in [-0.39, 0.29) is 23.1 Å². The predicted octanol–water partition coefficient (Wildman–Crippen LogP) is 0.765. The van der Waals surface area contributed by atoms with Gasteiger partial charge in [0.15, 0.2) is 0 Å². The van der Waals surface area contributed by atoms with Gasteiger partial charge in [0.05, 0.1) is 11.7 Å². The van der Waals surface area contributed by atoms with Crippen LogP contribution in [0, 0.1) is 22.7 Å². The molecule has 3 saturated heterocycles. The number of amides is 2. The van der Waals surface area contributed by atoms with Crippen LogP contribution in [0.25, 0.3) is 0 Å². The molecule has 1 unspecified atom stereocenters. The number of carbonyl (C=O) groups excluding carboxylic acids is 2. The SMILES string of the molecule is CC1CC(C(=O)N2CCC3(CC2)CN(S(C)(=O)=O)CC32CCN(C)C2=O)C1. The van der Waals surface area contributed by atoms with Gasteiger partial charge in [0.1, 0.15) is 0 Å². The van der Waals surface area contributed by atoms with Crippen LogP contribution in [-0.4, -0.2) is 80.4 Å². The first-order valence-electron chi connectivity index (χ1n) is 10.1. The second-order valence-electron chi connectivity index (χ2n) is 9.47. The Hall–Kier alpha value is -1.15. The van der Waals surface area contributed by atoms with E-state index in [0.29, 0.717) is 57.9 Å². The van der Waals surface area contributed by atoms with Crippen molar-refractivity contribution in [3.05, 3.63) is 0 Å². The molecule has 4 rings (SSSR count). The van der Waals surface area contributed by atoms with Crippen molar-refractivity contribution in [3.63, 3.8) is 0 Å². The lowest BCUT2D eigenvalue weighted by molar-refractivity contribution is -0.146. The zero-order valence-corrected chi connectivity index (χ0v) is 17.4. The van der Waals surface area contributed by atoms with Crippen molar-refractivity contribution in [1.82, 2.24) is 14.1 Å². The quantitative estimate of drug-likeness (QED) is 0.689. The fourth-order valence-electron chi connectivity index (χ4n) is 5.97. The van der Waals surface area contributed by atoms with Crippen molar-refractivity contribution in [2.75, 3.05) is 46.0 Å². The molecule has 0 aromatic carbocycles. The average Bonchev–Trinajstić information content (AvgIpc) is 3.06. The van der Waals surface area contributed by atoms with Gasteiger partial charge in [-0.05, 0) is 38.0 Å². The first-order valence-corrected chi connectivity index (χ1v) is 11.9. The summed E-state index contributed by atoms with van der Waals surface area (Å²) in [6.07, 6.45) is 5.34. The second-order valence-corrected chi connectivity index (χ2v) is 11.5. The Kier molecular flexibility index (Phi) is 4.39. The standard InChI is InChI=1S/C19H31N3O4S/c1-14-10-15(11-14)16(23)21-8-4-18(5-9-21)12-22(27(3,25)26)13-19(18)6-7-20(2)17(19)24/h14-15H,4-13H2,1-3H3. The molecule has 0 N–H and O–H groups in total. The molecule has 4 aliphatic rings. The molecule has 3 heterocycles. The zero-order chi connectivity index (χ0) is 19.6. The summed E-state index contributed by atoms with van der Waals surface area (Å²) in [7, 11) is -1.53. The molecule has 1 atom stereocenters. The van der Waals surface area contributed by atoms with Crippen LogP contribution in [0.15, 0.2) is 0 Å². The monoisotopic (exact) mass is 397 g/mol. The Morgan fingerprint density at radius 3 is 2.19 bits per heavy atom. The maximum Gasteiger partial charge on any atom is 0.230 e. The Balaban J connectivity index is 1.56. The smallest absolute Gasteiger partial charge is 0.230 e. The summed E-state index contributed by atoms with van der Waals surface area (Å²) >= 11 is 0. The van der Waals surface area contributed by atoms with E-state index < -0.39 is 15.4 Å². The summed E-state index contributed by atoms with van der Waals surface area (Å²) in [5, 5.41) is 0. The van der Waals surface area contributed by atoms with E-state index >= 15 is 0 Å². The first-order chi connectivity index (χ1) is 12.6. The van der Waals surface area contributed by atoms with Crippen LogP contribution in [0.3, 0.4) is 0 Å². The van der Waals surface area contributed by atoms with Gasteiger partial charge in [0.2, 0.25) is 21.8 Å². The third-order valence-corrected chi connectivity index (χ3v) is 8.99. The van der Waals surface area contributed by atoms with Crippen molar-refractivity contribution in [2.24, 2.45) is 22.7 Å². The molecular weight excluding hydrogens is 366 g/mol. The molecule has 0 aromatic heterocycles. The molecule has 152 valence electrons. The number of hydrogen-bond acceptors (Lipinski definition) is 4. The van der Waals surface area contributed by atoms with Crippen LogP contribution in [0.1, 0.15) is 39.0 Å². The molecule has 1 saturated carbocycles. The van der Waals surface area contributed by atoms with Gasteiger partial charge in [-0.15, -0.1) is 0 Å². The van der Waals surface area contributed by atoms with Gasteiger partial charge in [-0.3, -0.25) is 9.59 Å². The van der Waals surface area contributed by atoms with Crippen molar-refractivity contribution in [1.29, 1.82) is 0 Å². The van der Waals surface area contributed by atoms with Gasteiger partial charge in [-0.1, -0.05) is 6.92 Å². The predicted molar refractivity (Wildman–Crippen MR) is 101 cm³/mol. The molecule has 1 aliphatic carbocycles. The highest BCUT2D eigenvalue weighted by atomic mass is 32.2. The number of sulfonamides is 1. The van der Waals surface area contributed by atoms with E-state index in [0.717, 1.165) is 12.8 Å². The van der Waals surface area contributed by atoms with Crippen LogP contribution in [0.2, 0.25) is 0 Å². The number of rotatable bonds is 2. The van der Waals surface area contributed by atoms with Crippen molar-refractivity contribution >= 4 is 21.8 Å². The normalized spacial score (nSPS) is 36.6. The number of nitrogens with zero attached hydrogens (tertiary/aromatic N) is 3. The van der Waals surface area contributed by atoms with Crippen molar-refractivity contribution in [2.45, 2.75) is 39.0 Å². The molecule has 0 bridgehead atoms. The van der Waals surface area contributed by atoms with Gasteiger partial charge in [-0.25, -0.2) is 12.7 Å². The largest absolute Gasteiger partial charge is 0.345 e. The third kappa shape index (κ3) is 2.82.